The van der Waals surface area contributed by atoms with Crippen molar-refractivity contribution >= 4 is 39.5 Å². The van der Waals surface area contributed by atoms with E-state index in [1.165, 1.54) is 148 Å². The van der Waals surface area contributed by atoms with Crippen LogP contribution in [0.1, 0.15) is 337 Å². The first-order chi connectivity index (χ1) is 41.4. The zero-order valence-corrected chi connectivity index (χ0v) is 57.4. The van der Waals surface area contributed by atoms with Crippen LogP contribution < -0.4 is 0 Å². The maximum Gasteiger partial charge on any atom is 0.472 e. The number of hydrogen-bond donors (Lipinski definition) is 3. The Morgan fingerprint density at radius 3 is 0.826 bits per heavy atom. The van der Waals surface area contributed by atoms with Crippen molar-refractivity contribution in [3.63, 3.8) is 0 Å². The molecule has 17 nitrogen and oxygen atoms in total. The Kier molecular flexibility index (Phi) is 58.0. The number of rotatable bonds is 66. The zero-order chi connectivity index (χ0) is 63.6. The van der Waals surface area contributed by atoms with Gasteiger partial charge in [0.15, 0.2) is 12.2 Å². The molecular formula is C67H130O17P2. The molecule has 0 rings (SSSR count). The second kappa shape index (κ2) is 59.4. The van der Waals surface area contributed by atoms with Crippen molar-refractivity contribution in [2.75, 3.05) is 39.6 Å². The molecule has 4 unspecified atom stereocenters. The number of carbonyl (C=O) groups excluding carboxylic acids is 4. The molecule has 0 saturated heterocycles. The van der Waals surface area contributed by atoms with E-state index in [9.17, 15) is 43.2 Å². The SMILES string of the molecule is CCCCCCCCCCCCCCCC(=O)OC[C@H](COP(=O)(O)OC[C@@H](O)COP(=O)(O)OC[C@@H](COC(=O)CCCCCCC)OC(=O)CCCCCCCCC(C)CC)OC(=O)CCCCCCCCCCCCCCCCC(C)CC. The fourth-order valence-corrected chi connectivity index (χ4v) is 11.6. The number of unbranched alkanes of at least 4 members (excludes halogenated alkanes) is 34. The van der Waals surface area contributed by atoms with Gasteiger partial charge in [0.1, 0.15) is 19.3 Å². The first-order valence-electron chi connectivity index (χ1n) is 35.1. The van der Waals surface area contributed by atoms with E-state index in [2.05, 4.69) is 41.5 Å². The largest absolute Gasteiger partial charge is 0.472 e. The molecule has 0 aliphatic rings. The summed E-state index contributed by atoms with van der Waals surface area (Å²) in [6, 6.07) is 0. The lowest BCUT2D eigenvalue weighted by atomic mass is 9.99. The molecule has 0 spiro atoms. The molecule has 0 aromatic carbocycles. The lowest BCUT2D eigenvalue weighted by Crippen LogP contribution is -2.30. The van der Waals surface area contributed by atoms with E-state index >= 15 is 0 Å². The number of aliphatic hydroxyl groups excluding tert-OH is 1. The Morgan fingerprint density at radius 1 is 0.326 bits per heavy atom. The van der Waals surface area contributed by atoms with Gasteiger partial charge in [0.25, 0.3) is 0 Å². The smallest absolute Gasteiger partial charge is 0.462 e. The summed E-state index contributed by atoms with van der Waals surface area (Å²) in [5.74, 6) is -0.575. The summed E-state index contributed by atoms with van der Waals surface area (Å²) >= 11 is 0. The predicted octanol–water partition coefficient (Wildman–Crippen LogP) is 18.8. The molecular weight excluding hydrogens is 1140 g/mol. The lowest BCUT2D eigenvalue weighted by Gasteiger charge is -2.21. The zero-order valence-electron chi connectivity index (χ0n) is 55.6. The number of phosphoric ester groups is 2. The molecule has 0 aromatic rings. The second-order valence-electron chi connectivity index (χ2n) is 24.7. The molecule has 0 radical (unpaired) electrons. The Hall–Kier alpha value is -1.94. The fourth-order valence-electron chi connectivity index (χ4n) is 10.00. The number of ether oxygens (including phenoxy) is 4. The highest BCUT2D eigenvalue weighted by Gasteiger charge is 2.30. The van der Waals surface area contributed by atoms with Gasteiger partial charge in [-0.05, 0) is 37.5 Å². The quantitative estimate of drug-likeness (QED) is 0.0222. The molecule has 19 heteroatoms. The van der Waals surface area contributed by atoms with Crippen molar-refractivity contribution < 1.29 is 80.2 Å². The van der Waals surface area contributed by atoms with Crippen LogP contribution in [0.4, 0.5) is 0 Å². The third-order valence-corrected chi connectivity index (χ3v) is 18.1. The minimum Gasteiger partial charge on any atom is -0.462 e. The summed E-state index contributed by atoms with van der Waals surface area (Å²) in [5.41, 5.74) is 0. The van der Waals surface area contributed by atoms with Gasteiger partial charge in [-0.1, -0.05) is 286 Å². The molecule has 0 fully saturated rings. The Morgan fingerprint density at radius 2 is 0.558 bits per heavy atom. The van der Waals surface area contributed by atoms with Crippen LogP contribution in [0.3, 0.4) is 0 Å². The Bertz CT molecular complexity index is 1690. The van der Waals surface area contributed by atoms with Crippen LogP contribution in [0, 0.1) is 11.8 Å². The van der Waals surface area contributed by atoms with Gasteiger partial charge >= 0.3 is 39.5 Å². The summed E-state index contributed by atoms with van der Waals surface area (Å²) in [6.07, 6.45) is 43.4. The summed E-state index contributed by atoms with van der Waals surface area (Å²) in [4.78, 5) is 72.1. The second-order valence-corrected chi connectivity index (χ2v) is 27.6. The molecule has 7 atom stereocenters. The Balaban J connectivity index is 5.16. The highest BCUT2D eigenvalue weighted by Crippen LogP contribution is 2.45. The fraction of sp³-hybridized carbons (Fsp3) is 0.940. The van der Waals surface area contributed by atoms with Gasteiger partial charge < -0.3 is 33.8 Å². The van der Waals surface area contributed by atoms with E-state index in [0.717, 1.165) is 108 Å². The van der Waals surface area contributed by atoms with Crippen molar-refractivity contribution in [2.45, 2.75) is 355 Å². The summed E-state index contributed by atoms with van der Waals surface area (Å²) < 4.78 is 67.9. The summed E-state index contributed by atoms with van der Waals surface area (Å²) in [5, 5.41) is 10.5. The normalized spacial score (nSPS) is 14.8. The molecule has 0 heterocycles. The maximum atomic E-state index is 13.0. The molecule has 86 heavy (non-hydrogen) atoms. The van der Waals surface area contributed by atoms with E-state index in [1.54, 1.807) is 0 Å². The van der Waals surface area contributed by atoms with Gasteiger partial charge in [-0.2, -0.15) is 0 Å². The monoisotopic (exact) mass is 1270 g/mol. The third kappa shape index (κ3) is 58.4. The number of phosphoric acid groups is 2. The number of carbonyl (C=O) groups is 4. The highest BCUT2D eigenvalue weighted by atomic mass is 31.2. The molecule has 0 saturated carbocycles. The first kappa shape index (κ1) is 84.1. The minimum absolute atomic E-state index is 0.102. The topological polar surface area (TPSA) is 237 Å². The average molecular weight is 1270 g/mol. The molecule has 510 valence electrons. The molecule has 0 aliphatic heterocycles. The van der Waals surface area contributed by atoms with Crippen LogP contribution in [0.15, 0.2) is 0 Å². The van der Waals surface area contributed by atoms with Gasteiger partial charge in [0.05, 0.1) is 26.4 Å². The molecule has 0 aliphatic carbocycles. The predicted molar refractivity (Wildman–Crippen MR) is 345 cm³/mol. The lowest BCUT2D eigenvalue weighted by molar-refractivity contribution is -0.161. The van der Waals surface area contributed by atoms with E-state index in [4.69, 9.17) is 37.0 Å². The molecule has 0 aromatic heterocycles. The highest BCUT2D eigenvalue weighted by molar-refractivity contribution is 7.47. The third-order valence-electron chi connectivity index (χ3n) is 16.2. The van der Waals surface area contributed by atoms with Crippen LogP contribution in [-0.2, 0) is 65.4 Å². The van der Waals surface area contributed by atoms with Crippen LogP contribution >= 0.6 is 15.6 Å². The summed E-state index contributed by atoms with van der Waals surface area (Å²) in [7, 11) is -9.88. The standard InChI is InChI=1S/C67H130O17P2/c1-7-11-13-15-16-17-18-21-25-28-31-38-44-50-65(70)78-56-63(83-66(71)51-45-39-32-29-26-23-20-19-22-24-27-30-36-41-47-59(5)9-3)58-82-86(75,76)80-54-61(68)53-79-85(73,74)81-57-62(55-77-64(69)49-43-35-14-12-8-2)84-67(72)52-46-40-34-33-37-42-48-60(6)10-4/h59-63,68H,7-58H2,1-6H3,(H,73,74)(H,75,76)/t59?,60?,61-,62+,63+/m0/s1. The first-order valence-corrected chi connectivity index (χ1v) is 38.1. The summed E-state index contributed by atoms with van der Waals surface area (Å²) in [6.45, 7) is 9.44. The van der Waals surface area contributed by atoms with Crippen molar-refractivity contribution in [3.05, 3.63) is 0 Å². The molecule has 0 amide bonds. The Labute approximate surface area is 524 Å². The van der Waals surface area contributed by atoms with Gasteiger partial charge in [0.2, 0.25) is 0 Å². The minimum atomic E-state index is -4.95. The van der Waals surface area contributed by atoms with Crippen LogP contribution in [-0.4, -0.2) is 96.7 Å². The molecule has 0 bridgehead atoms. The number of aliphatic hydroxyl groups is 1. The van der Waals surface area contributed by atoms with Crippen molar-refractivity contribution in [2.24, 2.45) is 11.8 Å². The van der Waals surface area contributed by atoms with E-state index in [1.807, 2.05) is 0 Å². The average Bonchev–Trinajstić information content (AvgIpc) is 3.66. The van der Waals surface area contributed by atoms with Crippen molar-refractivity contribution in [3.8, 4) is 0 Å². The van der Waals surface area contributed by atoms with Gasteiger partial charge in [-0.25, -0.2) is 9.13 Å². The maximum absolute atomic E-state index is 13.0. The van der Waals surface area contributed by atoms with E-state index in [0.29, 0.717) is 25.7 Å². The van der Waals surface area contributed by atoms with E-state index < -0.39 is 97.5 Å². The van der Waals surface area contributed by atoms with Crippen LogP contribution in [0.25, 0.3) is 0 Å². The van der Waals surface area contributed by atoms with Crippen LogP contribution in [0.5, 0.6) is 0 Å². The number of esters is 4. The van der Waals surface area contributed by atoms with Crippen molar-refractivity contribution in [1.29, 1.82) is 0 Å². The van der Waals surface area contributed by atoms with Gasteiger partial charge in [0, 0.05) is 25.7 Å². The number of hydrogen-bond acceptors (Lipinski definition) is 15. The van der Waals surface area contributed by atoms with Crippen molar-refractivity contribution in [1.82, 2.24) is 0 Å². The van der Waals surface area contributed by atoms with Gasteiger partial charge in [-0.15, -0.1) is 0 Å². The van der Waals surface area contributed by atoms with Crippen LogP contribution in [0.2, 0.25) is 0 Å². The van der Waals surface area contributed by atoms with Gasteiger partial charge in [-0.3, -0.25) is 37.3 Å². The van der Waals surface area contributed by atoms with E-state index in [-0.39, 0.29) is 25.7 Å². The molecule has 3 N–H and O–H groups in total.